The highest BCUT2D eigenvalue weighted by Gasteiger charge is 2.08. The molecule has 0 N–H and O–H groups in total. The summed E-state index contributed by atoms with van der Waals surface area (Å²) in [5.41, 5.74) is 0. The lowest BCUT2D eigenvalue weighted by Crippen LogP contribution is -2.09. The number of rotatable bonds is 4. The number of hydrogen-bond donors (Lipinski definition) is 0. The summed E-state index contributed by atoms with van der Waals surface area (Å²) in [6.07, 6.45) is 1.27. The van der Waals surface area contributed by atoms with Crippen molar-refractivity contribution in [3.8, 4) is 5.75 Å². The molecule has 0 aliphatic rings. The first kappa shape index (κ1) is 12.1. The van der Waals surface area contributed by atoms with Crippen molar-refractivity contribution < 1.29 is 9.53 Å². The van der Waals surface area contributed by atoms with Gasteiger partial charge in [-0.3, -0.25) is 4.79 Å². The zero-order chi connectivity index (χ0) is 11.3. The van der Waals surface area contributed by atoms with Crippen LogP contribution in [0.25, 0.3) is 0 Å². The first-order valence-electron chi connectivity index (χ1n) is 5.05. The predicted molar refractivity (Wildman–Crippen MR) is 61.2 cm³/mol. The van der Waals surface area contributed by atoms with E-state index in [1.807, 2.05) is 0 Å². The third kappa shape index (κ3) is 4.34. The molecule has 2 nitrogen and oxygen atoms in total. The van der Waals surface area contributed by atoms with Gasteiger partial charge in [-0.2, -0.15) is 0 Å². The normalized spacial score (nSPS) is 10.4. The number of para-hydroxylation sites is 1. The number of esters is 1. The Hall–Kier alpha value is -1.02. The van der Waals surface area contributed by atoms with Gasteiger partial charge in [0.1, 0.15) is 5.75 Å². The molecule has 0 aliphatic carbocycles. The number of ether oxygens (including phenoxy) is 1. The van der Waals surface area contributed by atoms with Crippen LogP contribution in [0.4, 0.5) is 0 Å². The Kier molecular flexibility index (Phi) is 4.63. The van der Waals surface area contributed by atoms with Crippen LogP contribution in [0.1, 0.15) is 26.7 Å². The number of benzene rings is 1. The van der Waals surface area contributed by atoms with E-state index in [1.54, 1.807) is 24.3 Å². The molecular formula is C12H15ClO2. The van der Waals surface area contributed by atoms with Crippen LogP contribution in [0.2, 0.25) is 5.02 Å². The van der Waals surface area contributed by atoms with Crippen molar-refractivity contribution >= 4 is 17.6 Å². The summed E-state index contributed by atoms with van der Waals surface area (Å²) in [5.74, 6) is 0.716. The second-order valence-electron chi connectivity index (χ2n) is 3.84. The average molecular weight is 227 g/mol. The van der Waals surface area contributed by atoms with Crippen molar-refractivity contribution in [2.75, 3.05) is 0 Å². The predicted octanol–water partition coefficient (Wildman–Crippen LogP) is 3.68. The molecular weight excluding hydrogens is 212 g/mol. The summed E-state index contributed by atoms with van der Waals surface area (Å²) in [5, 5.41) is 0.468. The van der Waals surface area contributed by atoms with Crippen LogP contribution >= 0.6 is 11.6 Å². The van der Waals surface area contributed by atoms with Crippen molar-refractivity contribution in [1.82, 2.24) is 0 Å². The smallest absolute Gasteiger partial charge is 0.311 e. The van der Waals surface area contributed by atoms with Crippen LogP contribution in [-0.2, 0) is 4.79 Å². The van der Waals surface area contributed by atoms with Crippen molar-refractivity contribution in [3.05, 3.63) is 29.3 Å². The standard InChI is InChI=1S/C12H15ClO2/c1-9(2)7-8-12(14)15-11-6-4-3-5-10(11)13/h3-6,9H,7-8H2,1-2H3. The largest absolute Gasteiger partial charge is 0.425 e. The summed E-state index contributed by atoms with van der Waals surface area (Å²) in [6, 6.07) is 6.98. The minimum atomic E-state index is -0.225. The molecule has 0 fully saturated rings. The van der Waals surface area contributed by atoms with Crippen LogP contribution in [0.3, 0.4) is 0 Å². The molecule has 0 heterocycles. The van der Waals surface area contributed by atoms with Gasteiger partial charge in [0, 0.05) is 6.42 Å². The van der Waals surface area contributed by atoms with Gasteiger partial charge in [0.05, 0.1) is 5.02 Å². The molecule has 0 amide bonds. The quantitative estimate of drug-likeness (QED) is 0.578. The fraction of sp³-hybridized carbons (Fsp3) is 0.417. The van der Waals surface area contributed by atoms with E-state index in [9.17, 15) is 4.79 Å². The second kappa shape index (κ2) is 5.76. The molecule has 0 aliphatic heterocycles. The third-order valence-electron chi connectivity index (χ3n) is 1.99. The third-order valence-corrected chi connectivity index (χ3v) is 2.30. The summed E-state index contributed by atoms with van der Waals surface area (Å²) in [4.78, 5) is 11.4. The van der Waals surface area contributed by atoms with Crippen molar-refractivity contribution in [2.24, 2.45) is 5.92 Å². The molecule has 3 heteroatoms. The van der Waals surface area contributed by atoms with Crippen LogP contribution in [0.15, 0.2) is 24.3 Å². The molecule has 0 bridgehead atoms. The van der Waals surface area contributed by atoms with Gasteiger partial charge in [-0.15, -0.1) is 0 Å². The zero-order valence-corrected chi connectivity index (χ0v) is 9.75. The topological polar surface area (TPSA) is 26.3 Å². The van der Waals surface area contributed by atoms with Gasteiger partial charge < -0.3 is 4.74 Å². The molecule has 1 aromatic carbocycles. The van der Waals surface area contributed by atoms with Crippen LogP contribution in [-0.4, -0.2) is 5.97 Å². The molecule has 0 aromatic heterocycles. The van der Waals surface area contributed by atoms with E-state index >= 15 is 0 Å². The summed E-state index contributed by atoms with van der Waals surface area (Å²) in [7, 11) is 0. The van der Waals surface area contributed by atoms with Crippen LogP contribution < -0.4 is 4.74 Å². The van der Waals surface area contributed by atoms with E-state index in [-0.39, 0.29) is 5.97 Å². The maximum atomic E-state index is 11.4. The molecule has 82 valence electrons. The highest BCUT2D eigenvalue weighted by atomic mass is 35.5. The molecule has 1 rings (SSSR count). The molecule has 0 saturated heterocycles. The first-order valence-corrected chi connectivity index (χ1v) is 5.42. The lowest BCUT2D eigenvalue weighted by Gasteiger charge is -2.06. The Morgan fingerprint density at radius 2 is 2.07 bits per heavy atom. The maximum absolute atomic E-state index is 11.4. The van der Waals surface area contributed by atoms with Gasteiger partial charge in [-0.25, -0.2) is 0 Å². The van der Waals surface area contributed by atoms with E-state index in [0.717, 1.165) is 6.42 Å². The van der Waals surface area contributed by atoms with Crippen molar-refractivity contribution in [1.29, 1.82) is 0 Å². The van der Waals surface area contributed by atoms with Gasteiger partial charge in [0.25, 0.3) is 0 Å². The molecule has 0 radical (unpaired) electrons. The Bertz CT molecular complexity index is 334. The van der Waals surface area contributed by atoms with Gasteiger partial charge in [-0.05, 0) is 24.5 Å². The minimum Gasteiger partial charge on any atom is -0.425 e. The van der Waals surface area contributed by atoms with E-state index in [4.69, 9.17) is 16.3 Å². The Morgan fingerprint density at radius 1 is 1.40 bits per heavy atom. The zero-order valence-electron chi connectivity index (χ0n) is 9.00. The average Bonchev–Trinajstić information content (AvgIpc) is 2.18. The lowest BCUT2D eigenvalue weighted by molar-refractivity contribution is -0.134. The molecule has 0 atom stereocenters. The van der Waals surface area contributed by atoms with Crippen LogP contribution in [0, 0.1) is 5.92 Å². The highest BCUT2D eigenvalue weighted by Crippen LogP contribution is 2.23. The molecule has 15 heavy (non-hydrogen) atoms. The first-order chi connectivity index (χ1) is 7.09. The Morgan fingerprint density at radius 3 is 2.67 bits per heavy atom. The number of hydrogen-bond acceptors (Lipinski definition) is 2. The number of carbonyl (C=O) groups is 1. The molecule has 0 saturated carbocycles. The van der Waals surface area contributed by atoms with Gasteiger partial charge in [-0.1, -0.05) is 37.6 Å². The lowest BCUT2D eigenvalue weighted by atomic mass is 10.1. The van der Waals surface area contributed by atoms with Gasteiger partial charge >= 0.3 is 5.97 Å². The Labute approximate surface area is 95.2 Å². The monoisotopic (exact) mass is 226 g/mol. The van der Waals surface area contributed by atoms with Crippen LogP contribution in [0.5, 0.6) is 5.75 Å². The van der Waals surface area contributed by atoms with Crippen molar-refractivity contribution in [3.63, 3.8) is 0 Å². The summed E-state index contributed by atoms with van der Waals surface area (Å²) < 4.78 is 5.12. The maximum Gasteiger partial charge on any atom is 0.311 e. The fourth-order valence-corrected chi connectivity index (χ4v) is 1.28. The number of halogens is 1. The fourth-order valence-electron chi connectivity index (χ4n) is 1.11. The SMILES string of the molecule is CC(C)CCC(=O)Oc1ccccc1Cl. The van der Waals surface area contributed by atoms with E-state index in [1.165, 1.54) is 0 Å². The van der Waals surface area contributed by atoms with E-state index < -0.39 is 0 Å². The highest BCUT2D eigenvalue weighted by molar-refractivity contribution is 6.32. The Balaban J connectivity index is 2.48. The van der Waals surface area contributed by atoms with Gasteiger partial charge in [0.15, 0.2) is 0 Å². The molecule has 0 unspecified atom stereocenters. The second-order valence-corrected chi connectivity index (χ2v) is 4.24. The van der Waals surface area contributed by atoms with Crippen molar-refractivity contribution in [2.45, 2.75) is 26.7 Å². The summed E-state index contributed by atoms with van der Waals surface area (Å²) >= 11 is 5.85. The number of carbonyl (C=O) groups excluding carboxylic acids is 1. The van der Waals surface area contributed by atoms with E-state index in [0.29, 0.717) is 23.1 Å². The molecule has 0 spiro atoms. The summed E-state index contributed by atoms with van der Waals surface area (Å²) in [6.45, 7) is 4.14. The van der Waals surface area contributed by atoms with E-state index in [2.05, 4.69) is 13.8 Å². The minimum absolute atomic E-state index is 0.225. The molecule has 1 aromatic rings. The van der Waals surface area contributed by atoms with Gasteiger partial charge in [0.2, 0.25) is 0 Å².